The van der Waals surface area contributed by atoms with E-state index in [9.17, 15) is 9.18 Å². The number of halogens is 1. The van der Waals surface area contributed by atoms with Crippen LogP contribution in [0.3, 0.4) is 0 Å². The Morgan fingerprint density at radius 2 is 2.19 bits per heavy atom. The molecule has 0 aliphatic carbocycles. The number of benzene rings is 1. The Balaban J connectivity index is 1.42. The predicted molar refractivity (Wildman–Crippen MR) is 119 cm³/mol. The van der Waals surface area contributed by atoms with E-state index in [2.05, 4.69) is 25.4 Å². The Labute approximate surface area is 182 Å². The number of aryl methyl sites for hydroxylation is 1. The number of H-pyrrole nitrogens is 1. The topological polar surface area (TPSA) is 96.3 Å². The molecule has 0 amide bonds. The molecule has 8 nitrogen and oxygen atoms in total. The minimum atomic E-state index is -0.388. The van der Waals surface area contributed by atoms with Crippen LogP contribution in [0.25, 0.3) is 21.9 Å². The quantitative estimate of drug-likeness (QED) is 0.505. The zero-order chi connectivity index (χ0) is 22.0. The van der Waals surface area contributed by atoms with Crippen LogP contribution in [0.5, 0.6) is 0 Å². The Morgan fingerprint density at radius 3 is 2.97 bits per heavy atom. The van der Waals surface area contributed by atoms with Gasteiger partial charge in [0.2, 0.25) is 0 Å². The summed E-state index contributed by atoms with van der Waals surface area (Å²) in [4.78, 5) is 18.0. The molecule has 1 aromatic carbocycles. The number of hydrogen-bond acceptors (Lipinski definition) is 7. The number of rotatable bonds is 4. The summed E-state index contributed by atoms with van der Waals surface area (Å²) in [6.45, 7) is 5.12. The monoisotopic (exact) mass is 435 g/mol. The molecule has 2 saturated heterocycles. The van der Waals surface area contributed by atoms with Gasteiger partial charge in [-0.25, -0.2) is 4.39 Å². The van der Waals surface area contributed by atoms with E-state index in [-0.39, 0.29) is 29.6 Å². The highest BCUT2D eigenvalue weighted by Crippen LogP contribution is 2.34. The van der Waals surface area contributed by atoms with Crippen molar-refractivity contribution in [3.8, 4) is 0 Å². The summed E-state index contributed by atoms with van der Waals surface area (Å²) < 4.78 is 25.1. The second-order valence-corrected chi connectivity index (χ2v) is 8.58. The number of nitrogens with one attached hydrogen (secondary N) is 2. The lowest BCUT2D eigenvalue weighted by molar-refractivity contribution is 0.0990. The van der Waals surface area contributed by atoms with Crippen LogP contribution in [-0.2, 0) is 4.74 Å². The molecule has 2 aliphatic rings. The minimum absolute atomic E-state index is 0.143. The van der Waals surface area contributed by atoms with Crippen molar-refractivity contribution >= 4 is 33.4 Å². The largest absolute Gasteiger partial charge is 0.461 e. The number of para-hydroxylation sites is 1. The Hall–Kier alpha value is -3.46. The van der Waals surface area contributed by atoms with Gasteiger partial charge in [0.1, 0.15) is 17.5 Å². The highest BCUT2D eigenvalue weighted by molar-refractivity contribution is 5.92. The van der Waals surface area contributed by atoms with Crippen molar-refractivity contribution in [2.75, 3.05) is 23.4 Å². The first-order chi connectivity index (χ1) is 15.5. The van der Waals surface area contributed by atoms with Crippen molar-refractivity contribution in [2.45, 2.75) is 38.5 Å². The molecule has 9 heteroatoms. The number of ether oxygens (including phenoxy) is 1. The van der Waals surface area contributed by atoms with Gasteiger partial charge in [-0.3, -0.25) is 4.79 Å². The molecule has 0 radical (unpaired) electrons. The van der Waals surface area contributed by atoms with E-state index in [1.807, 2.05) is 26.0 Å². The van der Waals surface area contributed by atoms with Gasteiger partial charge >= 0.3 is 0 Å². The van der Waals surface area contributed by atoms with Gasteiger partial charge in [0, 0.05) is 17.5 Å². The van der Waals surface area contributed by atoms with Gasteiger partial charge in [0.15, 0.2) is 11.6 Å². The Kier molecular flexibility index (Phi) is 4.23. The first-order valence-corrected chi connectivity index (χ1v) is 10.7. The summed E-state index contributed by atoms with van der Waals surface area (Å²) >= 11 is 0. The summed E-state index contributed by atoms with van der Waals surface area (Å²) in [5.74, 6) is 0.154. The maximum absolute atomic E-state index is 14.0. The normalized spacial score (nSPS) is 21.0. The van der Waals surface area contributed by atoms with Crippen molar-refractivity contribution < 1.29 is 13.5 Å². The molecule has 0 saturated carbocycles. The smallest absolute Gasteiger partial charge is 0.272 e. The molecule has 6 rings (SSSR count). The number of nitrogens with zero attached hydrogens (tertiary/aromatic N) is 3. The van der Waals surface area contributed by atoms with Gasteiger partial charge in [-0.1, -0.05) is 12.1 Å². The molecule has 3 atom stereocenters. The van der Waals surface area contributed by atoms with E-state index in [4.69, 9.17) is 9.15 Å². The Bertz CT molecular complexity index is 1410. The number of anilines is 2. The van der Waals surface area contributed by atoms with Gasteiger partial charge in [-0.05, 0) is 32.4 Å². The van der Waals surface area contributed by atoms with Gasteiger partial charge in [0.05, 0.1) is 41.4 Å². The van der Waals surface area contributed by atoms with E-state index >= 15 is 0 Å². The van der Waals surface area contributed by atoms with E-state index in [1.165, 1.54) is 0 Å². The molecular weight excluding hydrogens is 413 g/mol. The molecule has 5 heterocycles. The summed E-state index contributed by atoms with van der Waals surface area (Å²) in [6.07, 6.45) is 2.24. The fourth-order valence-electron chi connectivity index (χ4n) is 4.91. The van der Waals surface area contributed by atoms with E-state index in [0.717, 1.165) is 23.6 Å². The molecule has 4 aromatic rings. The summed E-state index contributed by atoms with van der Waals surface area (Å²) in [6, 6.07) is 7.25. The molecule has 2 N–H and O–H groups in total. The number of fused-ring (bicyclic) bond motifs is 4. The lowest BCUT2D eigenvalue weighted by Crippen LogP contribution is -2.39. The standard InChI is InChI=1S/C23H22FN5O3/c1-11(15-4-3-5-16-18(24)10-32-21(15)16)25-22-17-7-19(29-8-14-6-13(29)9-31-14)23(30)26-20(17)12(2)27-28-22/h3-5,7,10-11,13-14H,6,8-9H2,1-2H3,(H,25,28)(H,26,30)/t11-,13?,14?/m1/s1. The van der Waals surface area contributed by atoms with Crippen LogP contribution in [0.4, 0.5) is 15.9 Å². The first kappa shape index (κ1) is 19.2. The highest BCUT2D eigenvalue weighted by Gasteiger charge is 2.40. The van der Waals surface area contributed by atoms with Crippen molar-refractivity contribution in [1.82, 2.24) is 15.2 Å². The van der Waals surface area contributed by atoms with Crippen LogP contribution in [0.2, 0.25) is 0 Å². The number of pyridine rings is 1. The zero-order valence-electron chi connectivity index (χ0n) is 17.7. The van der Waals surface area contributed by atoms with Crippen LogP contribution < -0.4 is 15.8 Å². The van der Waals surface area contributed by atoms with E-state index < -0.39 is 0 Å². The SMILES string of the molecule is Cc1nnc(N[C@H](C)c2cccc3c(F)coc23)c2cc(N3CC4CC3CO4)c(=O)[nH]c12. The third-order valence-corrected chi connectivity index (χ3v) is 6.55. The molecule has 0 spiro atoms. The van der Waals surface area contributed by atoms with Crippen molar-refractivity contribution in [2.24, 2.45) is 0 Å². The van der Waals surface area contributed by atoms with Crippen LogP contribution in [0.1, 0.15) is 30.6 Å². The summed E-state index contributed by atoms with van der Waals surface area (Å²) in [5, 5.41) is 13.2. The predicted octanol–water partition coefficient (Wildman–Crippen LogP) is 3.66. The van der Waals surface area contributed by atoms with Crippen molar-refractivity contribution in [3.63, 3.8) is 0 Å². The van der Waals surface area contributed by atoms with Gasteiger partial charge in [0.25, 0.3) is 5.56 Å². The maximum atomic E-state index is 14.0. The Morgan fingerprint density at radius 1 is 1.31 bits per heavy atom. The second-order valence-electron chi connectivity index (χ2n) is 8.58. The molecule has 32 heavy (non-hydrogen) atoms. The first-order valence-electron chi connectivity index (χ1n) is 10.7. The van der Waals surface area contributed by atoms with Gasteiger partial charge < -0.3 is 24.4 Å². The van der Waals surface area contributed by atoms with Crippen molar-refractivity contribution in [1.29, 1.82) is 0 Å². The van der Waals surface area contributed by atoms with Crippen LogP contribution in [-0.4, -0.2) is 40.5 Å². The lowest BCUT2D eigenvalue weighted by atomic mass is 10.1. The van der Waals surface area contributed by atoms with E-state index in [1.54, 1.807) is 12.1 Å². The average Bonchev–Trinajstić information content (AvgIpc) is 3.52. The van der Waals surface area contributed by atoms with E-state index in [0.29, 0.717) is 46.8 Å². The molecular formula is C23H22FN5O3. The van der Waals surface area contributed by atoms with Crippen LogP contribution in [0.15, 0.2) is 39.7 Å². The summed E-state index contributed by atoms with van der Waals surface area (Å²) in [5.41, 5.74) is 3.06. The molecule has 2 bridgehead atoms. The van der Waals surface area contributed by atoms with Crippen molar-refractivity contribution in [3.05, 3.63) is 58.0 Å². The molecule has 2 aliphatic heterocycles. The second kappa shape index (κ2) is 7.03. The number of morpholine rings is 1. The zero-order valence-corrected chi connectivity index (χ0v) is 17.7. The fraction of sp³-hybridized carbons (Fsp3) is 0.348. The molecule has 164 valence electrons. The minimum Gasteiger partial charge on any atom is -0.461 e. The molecule has 2 fully saturated rings. The fourth-order valence-corrected chi connectivity index (χ4v) is 4.91. The summed E-state index contributed by atoms with van der Waals surface area (Å²) in [7, 11) is 0. The maximum Gasteiger partial charge on any atom is 0.272 e. The van der Waals surface area contributed by atoms with Crippen LogP contribution in [0, 0.1) is 12.7 Å². The lowest BCUT2D eigenvalue weighted by Gasteiger charge is -2.28. The van der Waals surface area contributed by atoms with Gasteiger partial charge in [-0.2, -0.15) is 5.10 Å². The molecule has 3 aromatic heterocycles. The van der Waals surface area contributed by atoms with Crippen LogP contribution >= 0.6 is 0 Å². The van der Waals surface area contributed by atoms with Gasteiger partial charge in [-0.15, -0.1) is 5.10 Å². The third-order valence-electron chi connectivity index (χ3n) is 6.55. The average molecular weight is 435 g/mol. The number of hydrogen-bond donors (Lipinski definition) is 2. The number of furan rings is 1. The third kappa shape index (κ3) is 2.88. The highest BCUT2D eigenvalue weighted by atomic mass is 19.1. The number of aromatic nitrogens is 3. The number of aromatic amines is 1. The molecule has 2 unspecified atom stereocenters.